The molecule has 0 spiro atoms. The Balaban J connectivity index is 2.90. The minimum atomic E-state index is -5.83. The molecule has 0 saturated heterocycles. The standard InChI is InChI=1S/C10H14F6/c1-8(11,7-5-3-2-4-6-7)9(12,13)10(14,15)16/h7H,2-6H2,1H3. The highest BCUT2D eigenvalue weighted by atomic mass is 19.4. The van der Waals surface area contributed by atoms with Crippen LogP contribution in [0, 0.1) is 5.92 Å². The minimum Gasteiger partial charge on any atom is -0.237 e. The molecule has 0 amide bonds. The van der Waals surface area contributed by atoms with Crippen LogP contribution in [0.25, 0.3) is 0 Å². The Hall–Kier alpha value is -0.420. The lowest BCUT2D eigenvalue weighted by Gasteiger charge is -2.39. The SMILES string of the molecule is CC(F)(C1CCCCC1)C(F)(F)C(F)(F)F. The summed E-state index contributed by atoms with van der Waals surface area (Å²) >= 11 is 0. The molecule has 1 saturated carbocycles. The summed E-state index contributed by atoms with van der Waals surface area (Å²) in [6, 6.07) is 0. The van der Waals surface area contributed by atoms with Gasteiger partial charge in [0.05, 0.1) is 0 Å². The zero-order valence-corrected chi connectivity index (χ0v) is 8.88. The van der Waals surface area contributed by atoms with Gasteiger partial charge in [-0.15, -0.1) is 0 Å². The molecule has 0 heterocycles. The van der Waals surface area contributed by atoms with Crippen LogP contribution in [0.2, 0.25) is 0 Å². The first kappa shape index (κ1) is 13.6. The van der Waals surface area contributed by atoms with Crippen molar-refractivity contribution in [3.8, 4) is 0 Å². The van der Waals surface area contributed by atoms with Gasteiger partial charge < -0.3 is 0 Å². The highest BCUT2D eigenvalue weighted by Crippen LogP contribution is 2.51. The molecule has 6 heteroatoms. The maximum Gasteiger partial charge on any atom is 0.456 e. The van der Waals surface area contributed by atoms with E-state index >= 15 is 0 Å². The third kappa shape index (κ3) is 2.15. The summed E-state index contributed by atoms with van der Waals surface area (Å²) in [5, 5.41) is 0. The maximum absolute atomic E-state index is 13.8. The van der Waals surface area contributed by atoms with Gasteiger partial charge in [0.25, 0.3) is 0 Å². The summed E-state index contributed by atoms with van der Waals surface area (Å²) in [5.74, 6) is -6.49. The molecule has 96 valence electrons. The second kappa shape index (κ2) is 4.11. The topological polar surface area (TPSA) is 0 Å². The summed E-state index contributed by atoms with van der Waals surface area (Å²) < 4.78 is 76.0. The van der Waals surface area contributed by atoms with Gasteiger partial charge in [0, 0.05) is 0 Å². The van der Waals surface area contributed by atoms with Crippen molar-refractivity contribution in [2.75, 3.05) is 0 Å². The van der Waals surface area contributed by atoms with E-state index in [1.165, 1.54) is 0 Å². The molecular formula is C10H14F6. The fourth-order valence-corrected chi connectivity index (χ4v) is 2.18. The Morgan fingerprint density at radius 1 is 0.812 bits per heavy atom. The van der Waals surface area contributed by atoms with Crippen LogP contribution < -0.4 is 0 Å². The first-order valence-corrected chi connectivity index (χ1v) is 5.24. The van der Waals surface area contributed by atoms with E-state index < -0.39 is 23.7 Å². The lowest BCUT2D eigenvalue weighted by Crippen LogP contribution is -2.56. The van der Waals surface area contributed by atoms with Gasteiger partial charge in [-0.1, -0.05) is 19.3 Å². The molecule has 1 unspecified atom stereocenters. The Kier molecular flexibility index (Phi) is 3.50. The van der Waals surface area contributed by atoms with E-state index in [4.69, 9.17) is 0 Å². The predicted octanol–water partition coefficient (Wildman–Crippen LogP) is 4.49. The van der Waals surface area contributed by atoms with Crippen LogP contribution in [0.1, 0.15) is 39.0 Å². The summed E-state index contributed by atoms with van der Waals surface area (Å²) in [7, 11) is 0. The van der Waals surface area contributed by atoms with Crippen molar-refractivity contribution in [2.24, 2.45) is 5.92 Å². The van der Waals surface area contributed by atoms with Crippen LogP contribution in [0.15, 0.2) is 0 Å². The van der Waals surface area contributed by atoms with E-state index in [2.05, 4.69) is 0 Å². The minimum absolute atomic E-state index is 0.0959. The Morgan fingerprint density at radius 3 is 1.62 bits per heavy atom. The summed E-state index contributed by atoms with van der Waals surface area (Å²) in [6.45, 7) is 0.372. The van der Waals surface area contributed by atoms with Gasteiger partial charge in [-0.25, -0.2) is 4.39 Å². The van der Waals surface area contributed by atoms with Gasteiger partial charge in [0.1, 0.15) is 0 Å². The van der Waals surface area contributed by atoms with Crippen LogP contribution in [-0.2, 0) is 0 Å². The Bertz CT molecular complexity index is 236. The highest BCUT2D eigenvalue weighted by Gasteiger charge is 2.71. The van der Waals surface area contributed by atoms with E-state index in [9.17, 15) is 26.3 Å². The smallest absolute Gasteiger partial charge is 0.237 e. The summed E-state index contributed by atoms with van der Waals surface area (Å²) in [6.07, 6.45) is -3.84. The molecule has 0 bridgehead atoms. The molecule has 1 aliphatic rings. The number of hydrogen-bond acceptors (Lipinski definition) is 0. The number of alkyl halides is 6. The van der Waals surface area contributed by atoms with E-state index in [-0.39, 0.29) is 12.8 Å². The van der Waals surface area contributed by atoms with Crippen LogP contribution >= 0.6 is 0 Å². The van der Waals surface area contributed by atoms with Crippen molar-refractivity contribution in [3.05, 3.63) is 0 Å². The number of rotatable bonds is 2. The zero-order valence-electron chi connectivity index (χ0n) is 8.88. The Morgan fingerprint density at radius 2 is 1.25 bits per heavy atom. The molecule has 16 heavy (non-hydrogen) atoms. The van der Waals surface area contributed by atoms with Gasteiger partial charge in [0.15, 0.2) is 5.67 Å². The Labute approximate surface area is 90.0 Å². The average Bonchev–Trinajstić information content (AvgIpc) is 2.17. The monoisotopic (exact) mass is 248 g/mol. The quantitative estimate of drug-likeness (QED) is 0.631. The molecule has 0 aromatic carbocycles. The highest BCUT2D eigenvalue weighted by molar-refractivity contribution is 5.00. The first-order valence-electron chi connectivity index (χ1n) is 5.24. The third-order valence-corrected chi connectivity index (χ3v) is 3.34. The predicted molar refractivity (Wildman–Crippen MR) is 47.1 cm³/mol. The van der Waals surface area contributed by atoms with Crippen molar-refractivity contribution in [1.29, 1.82) is 0 Å². The van der Waals surface area contributed by atoms with Crippen LogP contribution in [0.4, 0.5) is 26.3 Å². The largest absolute Gasteiger partial charge is 0.456 e. The molecule has 0 radical (unpaired) electrons. The molecule has 0 N–H and O–H groups in total. The van der Waals surface area contributed by atoms with E-state index in [1.807, 2.05) is 0 Å². The molecule has 0 nitrogen and oxygen atoms in total. The average molecular weight is 248 g/mol. The normalized spacial score (nSPS) is 24.2. The van der Waals surface area contributed by atoms with Gasteiger partial charge in [-0.2, -0.15) is 22.0 Å². The fraction of sp³-hybridized carbons (Fsp3) is 1.00. The van der Waals surface area contributed by atoms with Crippen LogP contribution in [-0.4, -0.2) is 17.8 Å². The van der Waals surface area contributed by atoms with Crippen molar-refractivity contribution in [3.63, 3.8) is 0 Å². The summed E-state index contributed by atoms with van der Waals surface area (Å²) in [5.41, 5.74) is -3.51. The molecule has 1 aliphatic carbocycles. The molecular weight excluding hydrogens is 234 g/mol. The van der Waals surface area contributed by atoms with Crippen LogP contribution in [0.5, 0.6) is 0 Å². The van der Waals surface area contributed by atoms with E-state index in [0.717, 1.165) is 6.42 Å². The summed E-state index contributed by atoms with van der Waals surface area (Å²) in [4.78, 5) is 0. The van der Waals surface area contributed by atoms with Gasteiger partial charge in [0.2, 0.25) is 0 Å². The zero-order chi connectivity index (χ0) is 12.6. The van der Waals surface area contributed by atoms with Crippen molar-refractivity contribution < 1.29 is 26.3 Å². The van der Waals surface area contributed by atoms with Crippen molar-refractivity contribution in [2.45, 2.75) is 56.8 Å². The van der Waals surface area contributed by atoms with Crippen LogP contribution in [0.3, 0.4) is 0 Å². The van der Waals surface area contributed by atoms with E-state index in [0.29, 0.717) is 19.8 Å². The maximum atomic E-state index is 13.8. The van der Waals surface area contributed by atoms with Crippen molar-refractivity contribution in [1.82, 2.24) is 0 Å². The third-order valence-electron chi connectivity index (χ3n) is 3.34. The first-order chi connectivity index (χ1) is 7.11. The lowest BCUT2D eigenvalue weighted by molar-refractivity contribution is -0.334. The van der Waals surface area contributed by atoms with Gasteiger partial charge in [-0.3, -0.25) is 0 Å². The molecule has 0 aromatic heterocycles. The second-order valence-electron chi connectivity index (χ2n) is 4.48. The van der Waals surface area contributed by atoms with Crippen molar-refractivity contribution >= 4 is 0 Å². The second-order valence-corrected chi connectivity index (χ2v) is 4.48. The molecule has 1 rings (SSSR count). The fourth-order valence-electron chi connectivity index (χ4n) is 2.18. The lowest BCUT2D eigenvalue weighted by atomic mass is 9.75. The van der Waals surface area contributed by atoms with E-state index in [1.54, 1.807) is 0 Å². The number of halogens is 6. The molecule has 0 aromatic rings. The van der Waals surface area contributed by atoms with Gasteiger partial charge >= 0.3 is 12.1 Å². The number of hydrogen-bond donors (Lipinski definition) is 0. The molecule has 1 fully saturated rings. The molecule has 1 atom stereocenters. The molecule has 0 aliphatic heterocycles. The van der Waals surface area contributed by atoms with Gasteiger partial charge in [-0.05, 0) is 25.7 Å².